The van der Waals surface area contributed by atoms with E-state index in [1.54, 1.807) is 18.3 Å². The maximum absolute atomic E-state index is 11.8. The Balaban J connectivity index is 2.04. The largest absolute Gasteiger partial charge is 0.357 e. The highest BCUT2D eigenvalue weighted by Gasteiger charge is 2.11. The van der Waals surface area contributed by atoms with Crippen LogP contribution < -0.4 is 5.32 Å². The van der Waals surface area contributed by atoms with Gasteiger partial charge in [-0.05, 0) is 36.8 Å². The molecule has 2 N–H and O–H groups in total. The summed E-state index contributed by atoms with van der Waals surface area (Å²) in [6.45, 7) is 1.96. The zero-order valence-corrected chi connectivity index (χ0v) is 11.0. The Hall–Kier alpha value is -1.55. The van der Waals surface area contributed by atoms with E-state index in [9.17, 15) is 4.79 Å². The summed E-state index contributed by atoms with van der Waals surface area (Å²) in [5.74, 6) is -0.0922. The molecule has 1 unspecified atom stereocenters. The highest BCUT2D eigenvalue weighted by molar-refractivity contribution is 9.10. The molecule has 17 heavy (non-hydrogen) atoms. The van der Waals surface area contributed by atoms with Gasteiger partial charge in [0.2, 0.25) is 0 Å². The number of rotatable bonds is 3. The predicted molar refractivity (Wildman–Crippen MR) is 70.8 cm³/mol. The van der Waals surface area contributed by atoms with Gasteiger partial charge in [0, 0.05) is 10.7 Å². The van der Waals surface area contributed by atoms with Crippen LogP contribution in [0.5, 0.6) is 0 Å². The Bertz CT molecular complexity index is 491. The van der Waals surface area contributed by atoms with Crippen LogP contribution in [0.3, 0.4) is 0 Å². The Labute approximate surface area is 108 Å². The molecule has 2 rings (SSSR count). The van der Waals surface area contributed by atoms with Gasteiger partial charge < -0.3 is 10.3 Å². The fourth-order valence-corrected chi connectivity index (χ4v) is 1.85. The molecule has 0 spiro atoms. The topological polar surface area (TPSA) is 44.9 Å². The third-order valence-corrected chi connectivity index (χ3v) is 3.09. The van der Waals surface area contributed by atoms with E-state index in [1.165, 1.54) is 0 Å². The number of amides is 1. The molecule has 1 aromatic heterocycles. The van der Waals surface area contributed by atoms with Crippen LogP contribution in [-0.4, -0.2) is 10.9 Å². The van der Waals surface area contributed by atoms with Crippen LogP contribution in [-0.2, 0) is 0 Å². The molecule has 0 aliphatic rings. The minimum atomic E-state index is -0.0922. The fourth-order valence-electron chi connectivity index (χ4n) is 1.58. The molecule has 3 nitrogen and oxygen atoms in total. The van der Waals surface area contributed by atoms with Gasteiger partial charge in [-0.15, -0.1) is 0 Å². The lowest BCUT2D eigenvalue weighted by Crippen LogP contribution is -2.26. The summed E-state index contributed by atoms with van der Waals surface area (Å²) in [5, 5.41) is 2.93. The number of aromatic nitrogens is 1. The highest BCUT2D eigenvalue weighted by atomic mass is 79.9. The average Bonchev–Trinajstić information content (AvgIpc) is 2.83. The second-order valence-corrected chi connectivity index (χ2v) is 4.75. The number of H-pyrrole nitrogens is 1. The van der Waals surface area contributed by atoms with Crippen LogP contribution in [0.15, 0.2) is 47.1 Å². The molecule has 1 heterocycles. The molecular weight excluding hydrogens is 280 g/mol. The second kappa shape index (κ2) is 5.19. The maximum Gasteiger partial charge on any atom is 0.268 e. The minimum absolute atomic E-state index is 0.0149. The lowest BCUT2D eigenvalue weighted by Gasteiger charge is -2.13. The number of benzene rings is 1. The van der Waals surface area contributed by atoms with Gasteiger partial charge >= 0.3 is 0 Å². The van der Waals surface area contributed by atoms with Crippen LogP contribution in [0.4, 0.5) is 0 Å². The summed E-state index contributed by atoms with van der Waals surface area (Å²) >= 11 is 3.38. The Morgan fingerprint density at radius 1 is 1.29 bits per heavy atom. The third kappa shape index (κ3) is 2.97. The predicted octanol–water partition coefficient (Wildman–Crippen LogP) is 3.27. The van der Waals surface area contributed by atoms with Crippen LogP contribution in [0.25, 0.3) is 0 Å². The third-order valence-electron chi connectivity index (χ3n) is 2.56. The molecule has 0 aliphatic carbocycles. The van der Waals surface area contributed by atoms with Crippen molar-refractivity contribution in [1.82, 2.24) is 10.3 Å². The van der Waals surface area contributed by atoms with E-state index in [-0.39, 0.29) is 11.9 Å². The van der Waals surface area contributed by atoms with Crippen LogP contribution in [0.2, 0.25) is 0 Å². The highest BCUT2D eigenvalue weighted by Crippen LogP contribution is 2.16. The van der Waals surface area contributed by atoms with Crippen molar-refractivity contribution in [3.8, 4) is 0 Å². The van der Waals surface area contributed by atoms with Crippen molar-refractivity contribution in [2.24, 2.45) is 0 Å². The normalized spacial score (nSPS) is 12.1. The lowest BCUT2D eigenvalue weighted by atomic mass is 10.1. The van der Waals surface area contributed by atoms with Crippen molar-refractivity contribution in [2.45, 2.75) is 13.0 Å². The van der Waals surface area contributed by atoms with E-state index >= 15 is 0 Å². The molecular formula is C13H13BrN2O. The van der Waals surface area contributed by atoms with Gasteiger partial charge in [-0.3, -0.25) is 4.79 Å². The molecule has 0 saturated heterocycles. The van der Waals surface area contributed by atoms with Gasteiger partial charge in [-0.25, -0.2) is 0 Å². The fraction of sp³-hybridized carbons (Fsp3) is 0.154. The van der Waals surface area contributed by atoms with Gasteiger partial charge in [-0.2, -0.15) is 0 Å². The van der Waals surface area contributed by atoms with Crippen molar-refractivity contribution >= 4 is 21.8 Å². The van der Waals surface area contributed by atoms with Gasteiger partial charge in [0.1, 0.15) is 5.69 Å². The number of carbonyl (C=O) groups is 1. The van der Waals surface area contributed by atoms with Crippen LogP contribution in [0, 0.1) is 0 Å². The Kier molecular flexibility index (Phi) is 3.64. The average molecular weight is 293 g/mol. The summed E-state index contributed by atoms with van der Waals surface area (Å²) < 4.78 is 1.03. The summed E-state index contributed by atoms with van der Waals surface area (Å²) in [7, 11) is 0. The van der Waals surface area contributed by atoms with Gasteiger partial charge in [0.05, 0.1) is 6.04 Å². The molecule has 1 atom stereocenters. The summed E-state index contributed by atoms with van der Waals surface area (Å²) in [6, 6.07) is 11.5. The molecule has 1 aromatic carbocycles. The first-order valence-electron chi connectivity index (χ1n) is 5.36. The Morgan fingerprint density at radius 3 is 2.59 bits per heavy atom. The number of halogens is 1. The van der Waals surface area contributed by atoms with Crippen molar-refractivity contribution in [2.75, 3.05) is 0 Å². The number of carbonyl (C=O) groups excluding carboxylic acids is 1. The zero-order chi connectivity index (χ0) is 12.3. The molecule has 1 amide bonds. The van der Waals surface area contributed by atoms with Crippen molar-refractivity contribution < 1.29 is 4.79 Å². The van der Waals surface area contributed by atoms with Crippen molar-refractivity contribution in [1.29, 1.82) is 0 Å². The molecule has 0 saturated carbocycles. The number of nitrogens with one attached hydrogen (secondary N) is 2. The summed E-state index contributed by atoms with van der Waals surface area (Å²) in [5.41, 5.74) is 1.65. The van der Waals surface area contributed by atoms with Crippen molar-refractivity contribution in [3.05, 3.63) is 58.3 Å². The standard InChI is InChI=1S/C13H13BrN2O/c1-9(10-4-6-11(14)7-5-10)16-13(17)12-3-2-8-15-12/h2-9,15H,1H3,(H,16,17). The van der Waals surface area contributed by atoms with Crippen molar-refractivity contribution in [3.63, 3.8) is 0 Å². The van der Waals surface area contributed by atoms with E-state index in [0.717, 1.165) is 10.0 Å². The smallest absolute Gasteiger partial charge is 0.268 e. The molecule has 0 fully saturated rings. The summed E-state index contributed by atoms with van der Waals surface area (Å²) in [6.07, 6.45) is 1.74. The first kappa shape index (κ1) is 11.9. The Morgan fingerprint density at radius 2 is 2.00 bits per heavy atom. The van der Waals surface area contributed by atoms with E-state index in [2.05, 4.69) is 26.2 Å². The molecule has 4 heteroatoms. The lowest BCUT2D eigenvalue weighted by molar-refractivity contribution is 0.0935. The second-order valence-electron chi connectivity index (χ2n) is 3.83. The number of aromatic amines is 1. The van der Waals surface area contributed by atoms with Crippen LogP contribution >= 0.6 is 15.9 Å². The quantitative estimate of drug-likeness (QED) is 0.896. The van der Waals surface area contributed by atoms with Gasteiger partial charge in [0.15, 0.2) is 0 Å². The SMILES string of the molecule is CC(NC(=O)c1ccc[nH]1)c1ccc(Br)cc1. The van der Waals surface area contributed by atoms with E-state index in [0.29, 0.717) is 5.69 Å². The van der Waals surface area contributed by atoms with Gasteiger partial charge in [-0.1, -0.05) is 28.1 Å². The first-order valence-corrected chi connectivity index (χ1v) is 6.16. The maximum atomic E-state index is 11.8. The van der Waals surface area contributed by atoms with E-state index in [1.807, 2.05) is 31.2 Å². The van der Waals surface area contributed by atoms with Gasteiger partial charge in [0.25, 0.3) is 5.91 Å². The summed E-state index contributed by atoms with van der Waals surface area (Å²) in [4.78, 5) is 14.7. The molecule has 0 aliphatic heterocycles. The van der Waals surface area contributed by atoms with E-state index in [4.69, 9.17) is 0 Å². The van der Waals surface area contributed by atoms with Crippen LogP contribution in [0.1, 0.15) is 29.0 Å². The number of hydrogen-bond donors (Lipinski definition) is 2. The molecule has 0 radical (unpaired) electrons. The number of hydrogen-bond acceptors (Lipinski definition) is 1. The monoisotopic (exact) mass is 292 g/mol. The molecule has 0 bridgehead atoms. The minimum Gasteiger partial charge on any atom is -0.357 e. The first-order chi connectivity index (χ1) is 8.16. The molecule has 88 valence electrons. The zero-order valence-electron chi connectivity index (χ0n) is 9.41. The molecule has 2 aromatic rings. The van der Waals surface area contributed by atoms with E-state index < -0.39 is 0 Å².